The molecule has 2 heterocycles. The first-order chi connectivity index (χ1) is 10.9. The quantitative estimate of drug-likeness (QED) is 0.791. The molecule has 0 aliphatic heterocycles. The molecular formula is C14H8F3N3O2S. The summed E-state index contributed by atoms with van der Waals surface area (Å²) in [4.78, 5) is 15.6. The third-order valence-corrected chi connectivity index (χ3v) is 3.90. The first kappa shape index (κ1) is 15.2. The van der Waals surface area contributed by atoms with E-state index in [2.05, 4.69) is 14.7 Å². The number of hydrogen-bond donors (Lipinski definition) is 1. The molecule has 5 nitrogen and oxygen atoms in total. The highest BCUT2D eigenvalue weighted by Crippen LogP contribution is 2.33. The lowest BCUT2D eigenvalue weighted by atomic mass is 10.0. The number of carbonyl (C=O) groups excluding carboxylic acids is 1. The minimum atomic E-state index is -4.71. The number of rotatable bonds is 3. The topological polar surface area (TPSA) is 82.0 Å². The Morgan fingerprint density at radius 2 is 2.04 bits per heavy atom. The average Bonchev–Trinajstić information content (AvgIpc) is 3.17. The van der Waals surface area contributed by atoms with Crippen molar-refractivity contribution in [2.75, 3.05) is 0 Å². The van der Waals surface area contributed by atoms with Crippen LogP contribution in [0.2, 0.25) is 0 Å². The van der Waals surface area contributed by atoms with Crippen LogP contribution in [0, 0.1) is 0 Å². The maximum absolute atomic E-state index is 12.5. The molecule has 0 aliphatic rings. The maximum Gasteiger partial charge on any atom is 0.471 e. The number of benzene rings is 1. The molecule has 1 amide bonds. The van der Waals surface area contributed by atoms with E-state index in [1.165, 1.54) is 29.5 Å². The molecule has 2 aromatic heterocycles. The summed E-state index contributed by atoms with van der Waals surface area (Å²) in [5.41, 5.74) is 6.39. The van der Waals surface area contributed by atoms with E-state index in [4.69, 9.17) is 5.73 Å². The van der Waals surface area contributed by atoms with Crippen LogP contribution >= 0.6 is 11.3 Å². The first-order valence-electron chi connectivity index (χ1n) is 6.25. The number of hydrogen-bond acceptors (Lipinski definition) is 5. The van der Waals surface area contributed by atoms with Crippen LogP contribution < -0.4 is 5.73 Å². The van der Waals surface area contributed by atoms with Crippen molar-refractivity contribution in [2.45, 2.75) is 6.18 Å². The standard InChI is InChI=1S/C14H8F3N3O2S/c15-14(16,17)13-19-12(20-22-13)7-3-4-8(11(18)21)9(6-7)10-2-1-5-23-10/h1-6H,(H2,18,21). The summed E-state index contributed by atoms with van der Waals surface area (Å²) in [5, 5.41) is 5.14. The SMILES string of the molecule is NC(=O)c1ccc(-c2noc(C(F)(F)F)n2)cc1-c1cccs1. The Morgan fingerprint density at radius 3 is 2.61 bits per heavy atom. The second kappa shape index (κ2) is 5.51. The second-order valence-corrected chi connectivity index (χ2v) is 5.47. The fraction of sp³-hybridized carbons (Fsp3) is 0.0714. The van der Waals surface area contributed by atoms with Crippen LogP contribution in [0.1, 0.15) is 16.2 Å². The number of nitrogens with two attached hydrogens (primary N) is 1. The largest absolute Gasteiger partial charge is 0.471 e. The number of amides is 1. The molecule has 0 saturated carbocycles. The number of thiophene rings is 1. The number of aromatic nitrogens is 2. The number of halogens is 3. The highest BCUT2D eigenvalue weighted by atomic mass is 32.1. The highest BCUT2D eigenvalue weighted by molar-refractivity contribution is 7.13. The Hall–Kier alpha value is -2.68. The van der Waals surface area contributed by atoms with Crippen molar-refractivity contribution < 1.29 is 22.5 Å². The molecule has 0 spiro atoms. The van der Waals surface area contributed by atoms with Crippen LogP contribution in [0.3, 0.4) is 0 Å². The number of alkyl halides is 3. The van der Waals surface area contributed by atoms with Crippen LogP contribution in [-0.4, -0.2) is 16.0 Å². The van der Waals surface area contributed by atoms with Gasteiger partial charge in [-0.05, 0) is 23.6 Å². The predicted molar refractivity (Wildman–Crippen MR) is 76.6 cm³/mol. The molecular weight excluding hydrogens is 331 g/mol. The van der Waals surface area contributed by atoms with Gasteiger partial charge >= 0.3 is 12.1 Å². The van der Waals surface area contributed by atoms with Gasteiger partial charge in [0.05, 0.1) is 0 Å². The van der Waals surface area contributed by atoms with Gasteiger partial charge < -0.3 is 10.3 Å². The molecule has 0 aliphatic carbocycles. The molecule has 0 bridgehead atoms. The molecule has 3 rings (SSSR count). The predicted octanol–water partition coefficient (Wildman–Crippen LogP) is 3.58. The highest BCUT2D eigenvalue weighted by Gasteiger charge is 2.38. The van der Waals surface area contributed by atoms with E-state index < -0.39 is 18.0 Å². The van der Waals surface area contributed by atoms with Gasteiger partial charge in [-0.2, -0.15) is 18.2 Å². The molecule has 23 heavy (non-hydrogen) atoms. The monoisotopic (exact) mass is 339 g/mol. The van der Waals surface area contributed by atoms with Gasteiger partial charge in [-0.1, -0.05) is 17.3 Å². The van der Waals surface area contributed by atoms with Gasteiger partial charge in [0.15, 0.2) is 0 Å². The van der Waals surface area contributed by atoms with Gasteiger partial charge in [0.25, 0.3) is 0 Å². The third kappa shape index (κ3) is 2.95. The summed E-state index contributed by atoms with van der Waals surface area (Å²) in [7, 11) is 0. The van der Waals surface area contributed by atoms with E-state index in [-0.39, 0.29) is 17.0 Å². The fourth-order valence-corrected chi connectivity index (χ4v) is 2.75. The Labute approximate surface area is 131 Å². The molecule has 3 aromatic rings. The minimum Gasteiger partial charge on any atom is -0.366 e. The molecule has 118 valence electrons. The number of carbonyl (C=O) groups is 1. The summed E-state index contributed by atoms with van der Waals surface area (Å²) in [6.07, 6.45) is -4.71. The zero-order chi connectivity index (χ0) is 16.6. The van der Waals surface area contributed by atoms with Crippen LogP contribution in [0.5, 0.6) is 0 Å². The second-order valence-electron chi connectivity index (χ2n) is 4.52. The molecule has 0 atom stereocenters. The lowest BCUT2D eigenvalue weighted by molar-refractivity contribution is -0.159. The zero-order valence-electron chi connectivity index (χ0n) is 11.3. The Bertz CT molecular complexity index is 857. The summed E-state index contributed by atoms with van der Waals surface area (Å²) >= 11 is 1.37. The zero-order valence-corrected chi connectivity index (χ0v) is 12.1. The van der Waals surface area contributed by atoms with Crippen molar-refractivity contribution in [1.29, 1.82) is 0 Å². The number of nitrogens with zero attached hydrogens (tertiary/aromatic N) is 2. The van der Waals surface area contributed by atoms with E-state index in [1.54, 1.807) is 12.1 Å². The lowest BCUT2D eigenvalue weighted by Gasteiger charge is -2.06. The van der Waals surface area contributed by atoms with Crippen LogP contribution in [0.25, 0.3) is 21.8 Å². The summed E-state index contributed by atoms with van der Waals surface area (Å²) in [6, 6.07) is 7.91. The number of primary amides is 1. The van der Waals surface area contributed by atoms with Crippen LogP contribution in [0.15, 0.2) is 40.2 Å². The van der Waals surface area contributed by atoms with Crippen molar-refractivity contribution in [3.05, 3.63) is 47.2 Å². The summed E-state index contributed by atoms with van der Waals surface area (Å²) < 4.78 is 41.8. The Morgan fingerprint density at radius 1 is 1.26 bits per heavy atom. The lowest BCUT2D eigenvalue weighted by Crippen LogP contribution is -2.12. The summed E-state index contributed by atoms with van der Waals surface area (Å²) in [5.74, 6) is -2.28. The van der Waals surface area contributed by atoms with Gasteiger partial charge in [0, 0.05) is 21.6 Å². The van der Waals surface area contributed by atoms with Crippen molar-refractivity contribution in [3.63, 3.8) is 0 Å². The third-order valence-electron chi connectivity index (χ3n) is 3.00. The molecule has 1 aromatic carbocycles. The molecule has 0 fully saturated rings. The molecule has 0 unspecified atom stereocenters. The van der Waals surface area contributed by atoms with Crippen molar-refractivity contribution in [1.82, 2.24) is 10.1 Å². The Kier molecular flexibility index (Phi) is 3.64. The summed E-state index contributed by atoms with van der Waals surface area (Å²) in [6.45, 7) is 0. The van der Waals surface area contributed by atoms with Crippen LogP contribution in [0.4, 0.5) is 13.2 Å². The van der Waals surface area contributed by atoms with Crippen molar-refractivity contribution in [2.24, 2.45) is 5.73 Å². The smallest absolute Gasteiger partial charge is 0.366 e. The van der Waals surface area contributed by atoms with Crippen molar-refractivity contribution in [3.8, 4) is 21.8 Å². The van der Waals surface area contributed by atoms with E-state index in [0.717, 1.165) is 4.88 Å². The van der Waals surface area contributed by atoms with E-state index in [0.29, 0.717) is 5.56 Å². The molecule has 2 N–H and O–H groups in total. The first-order valence-corrected chi connectivity index (χ1v) is 7.13. The average molecular weight is 339 g/mol. The van der Waals surface area contributed by atoms with E-state index >= 15 is 0 Å². The van der Waals surface area contributed by atoms with Gasteiger partial charge in [0.1, 0.15) is 0 Å². The van der Waals surface area contributed by atoms with E-state index in [1.807, 2.05) is 5.38 Å². The van der Waals surface area contributed by atoms with Gasteiger partial charge in [-0.15, -0.1) is 11.3 Å². The maximum atomic E-state index is 12.5. The van der Waals surface area contributed by atoms with E-state index in [9.17, 15) is 18.0 Å². The van der Waals surface area contributed by atoms with Crippen LogP contribution in [-0.2, 0) is 6.18 Å². The van der Waals surface area contributed by atoms with Gasteiger partial charge in [-0.25, -0.2) is 0 Å². The molecule has 0 radical (unpaired) electrons. The molecule has 0 saturated heterocycles. The Balaban J connectivity index is 2.10. The normalized spacial score (nSPS) is 11.6. The minimum absolute atomic E-state index is 0.217. The molecule has 9 heteroatoms. The fourth-order valence-electron chi connectivity index (χ4n) is 1.99. The van der Waals surface area contributed by atoms with Crippen molar-refractivity contribution >= 4 is 17.2 Å². The van der Waals surface area contributed by atoms with Gasteiger partial charge in [0.2, 0.25) is 11.7 Å². The van der Waals surface area contributed by atoms with Gasteiger partial charge in [-0.3, -0.25) is 4.79 Å².